The van der Waals surface area contributed by atoms with Gasteiger partial charge in [0.15, 0.2) is 9.84 Å². The molecule has 33 heavy (non-hydrogen) atoms. The molecule has 3 aromatic carbocycles. The van der Waals surface area contributed by atoms with Gasteiger partial charge in [-0.15, -0.1) is 0 Å². The van der Waals surface area contributed by atoms with Gasteiger partial charge in [-0.25, -0.2) is 8.42 Å². The fourth-order valence-electron chi connectivity index (χ4n) is 3.45. The van der Waals surface area contributed by atoms with E-state index in [-0.39, 0.29) is 17.3 Å². The van der Waals surface area contributed by atoms with Crippen molar-refractivity contribution in [2.24, 2.45) is 0 Å². The van der Waals surface area contributed by atoms with Crippen molar-refractivity contribution in [3.8, 4) is 5.75 Å². The number of amides is 1. The number of hydrogen-bond donors (Lipinski definition) is 1. The lowest BCUT2D eigenvalue weighted by atomic mass is 10.0. The highest BCUT2D eigenvalue weighted by atomic mass is 32.2. The molecule has 0 spiro atoms. The lowest BCUT2D eigenvalue weighted by Gasteiger charge is -2.17. The third-order valence-electron chi connectivity index (χ3n) is 5.13. The van der Waals surface area contributed by atoms with Crippen LogP contribution in [0, 0.1) is 0 Å². The number of hydrogen-bond acceptors (Lipinski definition) is 5. The van der Waals surface area contributed by atoms with Gasteiger partial charge in [0.1, 0.15) is 5.75 Å². The Balaban J connectivity index is 1.44. The van der Waals surface area contributed by atoms with Crippen molar-refractivity contribution >= 4 is 21.4 Å². The molecule has 0 saturated heterocycles. The first-order valence-electron chi connectivity index (χ1n) is 10.8. The fourth-order valence-corrected chi connectivity index (χ4v) is 4.10. The summed E-state index contributed by atoms with van der Waals surface area (Å²) < 4.78 is 29.0. The molecule has 3 aromatic rings. The summed E-state index contributed by atoms with van der Waals surface area (Å²) in [6.07, 6.45) is 2.63. The molecule has 7 heteroatoms. The van der Waals surface area contributed by atoms with E-state index in [0.717, 1.165) is 17.7 Å². The molecule has 0 saturated carbocycles. The Morgan fingerprint density at radius 3 is 2.45 bits per heavy atom. The van der Waals surface area contributed by atoms with Crippen molar-refractivity contribution < 1.29 is 17.9 Å². The second-order valence-electron chi connectivity index (χ2n) is 8.05. The van der Waals surface area contributed by atoms with Gasteiger partial charge in [-0.1, -0.05) is 54.6 Å². The van der Waals surface area contributed by atoms with Crippen LogP contribution >= 0.6 is 0 Å². The normalized spacial score (nSPS) is 11.4. The van der Waals surface area contributed by atoms with Gasteiger partial charge in [0.25, 0.3) is 0 Å². The largest absolute Gasteiger partial charge is 0.494 e. The second kappa shape index (κ2) is 11.6. The van der Waals surface area contributed by atoms with Crippen molar-refractivity contribution in [3.05, 3.63) is 90.0 Å². The topological polar surface area (TPSA) is 75.7 Å². The molecule has 0 radical (unpaired) electrons. The van der Waals surface area contributed by atoms with Crippen LogP contribution in [0.3, 0.4) is 0 Å². The minimum absolute atomic E-state index is 0.0696. The summed E-state index contributed by atoms with van der Waals surface area (Å²) in [6.45, 7) is 1.37. The maximum atomic E-state index is 12.6. The Morgan fingerprint density at radius 2 is 1.70 bits per heavy atom. The molecule has 0 unspecified atom stereocenters. The number of rotatable bonds is 11. The molecule has 3 rings (SSSR count). The maximum Gasteiger partial charge on any atom is 0.238 e. The van der Waals surface area contributed by atoms with Crippen molar-refractivity contribution in [2.75, 3.05) is 38.3 Å². The van der Waals surface area contributed by atoms with Crippen LogP contribution in [-0.2, 0) is 21.1 Å². The molecule has 0 aliphatic rings. The second-order valence-corrected chi connectivity index (χ2v) is 10.1. The number of ether oxygens (including phenoxy) is 1. The van der Waals surface area contributed by atoms with Gasteiger partial charge in [0.2, 0.25) is 5.91 Å². The highest BCUT2D eigenvalue weighted by Crippen LogP contribution is 2.19. The van der Waals surface area contributed by atoms with E-state index in [1.165, 1.54) is 17.9 Å². The lowest BCUT2D eigenvalue weighted by molar-refractivity contribution is -0.117. The molecule has 6 nitrogen and oxygen atoms in total. The number of nitrogens with one attached hydrogen (secondary N) is 1. The van der Waals surface area contributed by atoms with Crippen LogP contribution in [0.25, 0.3) is 0 Å². The summed E-state index contributed by atoms with van der Waals surface area (Å²) in [5.74, 6) is 0.452. The number of benzene rings is 3. The summed E-state index contributed by atoms with van der Waals surface area (Å²) in [5, 5.41) is 3.03. The summed E-state index contributed by atoms with van der Waals surface area (Å²) in [5.41, 5.74) is 3.09. The van der Waals surface area contributed by atoms with Crippen molar-refractivity contribution in [1.82, 2.24) is 4.90 Å². The Labute approximate surface area is 196 Å². The Hall–Kier alpha value is -3.16. The van der Waals surface area contributed by atoms with E-state index < -0.39 is 9.84 Å². The Bertz CT molecular complexity index is 1160. The minimum atomic E-state index is -3.26. The van der Waals surface area contributed by atoms with Crippen LogP contribution in [0.15, 0.2) is 83.8 Å². The van der Waals surface area contributed by atoms with E-state index in [0.29, 0.717) is 25.3 Å². The molecule has 0 aromatic heterocycles. The van der Waals surface area contributed by atoms with Gasteiger partial charge in [0.05, 0.1) is 18.0 Å². The lowest BCUT2D eigenvalue weighted by Crippen LogP contribution is -2.31. The van der Waals surface area contributed by atoms with Gasteiger partial charge < -0.3 is 10.1 Å². The maximum absolute atomic E-state index is 12.6. The smallest absolute Gasteiger partial charge is 0.238 e. The van der Waals surface area contributed by atoms with Crippen LogP contribution < -0.4 is 10.1 Å². The van der Waals surface area contributed by atoms with Crippen molar-refractivity contribution in [2.45, 2.75) is 17.7 Å². The molecule has 0 bridgehead atoms. The Morgan fingerprint density at radius 1 is 0.970 bits per heavy atom. The predicted molar refractivity (Wildman–Crippen MR) is 131 cm³/mol. The molecule has 0 aliphatic heterocycles. The summed E-state index contributed by atoms with van der Waals surface area (Å²) >= 11 is 0. The molecular formula is C26H30N2O4S. The van der Waals surface area contributed by atoms with E-state index in [1.807, 2.05) is 54.4 Å². The summed E-state index contributed by atoms with van der Waals surface area (Å²) in [6, 6.07) is 24.5. The van der Waals surface area contributed by atoms with Gasteiger partial charge >= 0.3 is 0 Å². The highest BCUT2D eigenvalue weighted by Gasteiger charge is 2.11. The standard InChI is InChI=1S/C26H30N2O4S/c1-28(16-9-17-32-23-13-8-14-24(19-23)33(2,30)31)20-26(29)27-25-15-7-6-12-22(25)18-21-10-4-3-5-11-21/h3-8,10-15,19H,9,16-18,20H2,1-2H3,(H,27,29). The molecule has 0 aliphatic carbocycles. The zero-order valence-corrected chi connectivity index (χ0v) is 19.8. The number of sulfone groups is 1. The number of para-hydroxylation sites is 1. The van der Waals surface area contributed by atoms with Gasteiger partial charge in [-0.05, 0) is 55.3 Å². The summed E-state index contributed by atoms with van der Waals surface area (Å²) in [4.78, 5) is 14.7. The Kier molecular flexibility index (Phi) is 8.63. The quantitative estimate of drug-likeness (QED) is 0.432. The van der Waals surface area contributed by atoms with E-state index in [1.54, 1.807) is 18.2 Å². The fraction of sp³-hybridized carbons (Fsp3) is 0.269. The first-order valence-corrected chi connectivity index (χ1v) is 12.7. The minimum Gasteiger partial charge on any atom is -0.494 e. The SMILES string of the molecule is CN(CCCOc1cccc(S(C)(=O)=O)c1)CC(=O)Nc1ccccc1Cc1ccccc1. The molecule has 0 atom stereocenters. The monoisotopic (exact) mass is 466 g/mol. The number of anilines is 1. The molecule has 174 valence electrons. The first-order chi connectivity index (χ1) is 15.8. The van der Waals surface area contributed by atoms with Gasteiger partial charge in [-0.3, -0.25) is 9.69 Å². The van der Waals surface area contributed by atoms with Crippen molar-refractivity contribution in [1.29, 1.82) is 0 Å². The van der Waals surface area contributed by atoms with Crippen molar-refractivity contribution in [3.63, 3.8) is 0 Å². The number of nitrogens with zero attached hydrogens (tertiary/aromatic N) is 1. The average Bonchev–Trinajstić information content (AvgIpc) is 2.78. The third kappa shape index (κ3) is 8.04. The van der Waals surface area contributed by atoms with Gasteiger partial charge in [-0.2, -0.15) is 0 Å². The first kappa shape index (κ1) is 24.5. The molecule has 0 heterocycles. The van der Waals surface area contributed by atoms with E-state index in [9.17, 15) is 13.2 Å². The molecule has 1 amide bonds. The van der Waals surface area contributed by atoms with E-state index >= 15 is 0 Å². The average molecular weight is 467 g/mol. The number of carbonyl (C=O) groups is 1. The predicted octanol–water partition coefficient (Wildman–Crippen LogP) is 4.02. The third-order valence-corrected chi connectivity index (χ3v) is 6.24. The van der Waals surface area contributed by atoms with E-state index in [2.05, 4.69) is 17.4 Å². The zero-order valence-electron chi connectivity index (χ0n) is 19.0. The van der Waals surface area contributed by atoms with Crippen LogP contribution in [0.2, 0.25) is 0 Å². The number of carbonyl (C=O) groups excluding carboxylic acids is 1. The van der Waals surface area contributed by atoms with Crippen LogP contribution in [0.1, 0.15) is 17.5 Å². The van der Waals surface area contributed by atoms with Crippen LogP contribution in [0.5, 0.6) is 5.75 Å². The van der Waals surface area contributed by atoms with Crippen LogP contribution in [-0.4, -0.2) is 52.2 Å². The summed E-state index contributed by atoms with van der Waals surface area (Å²) in [7, 11) is -1.37. The van der Waals surface area contributed by atoms with Crippen LogP contribution in [0.4, 0.5) is 5.69 Å². The van der Waals surface area contributed by atoms with Gasteiger partial charge in [0, 0.05) is 18.5 Å². The molecule has 0 fully saturated rings. The highest BCUT2D eigenvalue weighted by molar-refractivity contribution is 7.90. The molecule has 1 N–H and O–H groups in total. The van der Waals surface area contributed by atoms with E-state index in [4.69, 9.17) is 4.74 Å². The zero-order chi connectivity index (χ0) is 23.7. The number of likely N-dealkylation sites (N-methyl/N-ethyl adjacent to an activating group) is 1. The molecular weight excluding hydrogens is 436 g/mol.